The molecule has 2 N–H and O–H groups in total. The summed E-state index contributed by atoms with van der Waals surface area (Å²) in [6.07, 6.45) is 1.51. The third-order valence-electron chi connectivity index (χ3n) is 3.43. The van der Waals surface area contributed by atoms with Crippen LogP contribution in [0.25, 0.3) is 10.8 Å². The predicted octanol–water partition coefficient (Wildman–Crippen LogP) is 4.83. The number of aromatic hydroxyl groups is 1. The SMILES string of the molecule is O=C(N/N=C\c1cc(Br)c(O)c(Br)c1)c1ccc2ccccc2c1. The number of amides is 1. The topological polar surface area (TPSA) is 61.7 Å². The second-order valence-corrected chi connectivity index (χ2v) is 6.80. The summed E-state index contributed by atoms with van der Waals surface area (Å²) < 4.78 is 1.08. The average Bonchev–Trinajstić information content (AvgIpc) is 2.59. The average molecular weight is 448 g/mol. The van der Waals surface area contributed by atoms with Gasteiger partial charge in [-0.2, -0.15) is 5.10 Å². The number of carbonyl (C=O) groups is 1. The number of hydrogen-bond acceptors (Lipinski definition) is 3. The molecule has 6 heteroatoms. The second-order valence-electron chi connectivity index (χ2n) is 5.09. The molecule has 120 valence electrons. The first-order valence-corrected chi connectivity index (χ1v) is 8.63. The van der Waals surface area contributed by atoms with Crippen molar-refractivity contribution in [2.75, 3.05) is 0 Å². The fraction of sp³-hybridized carbons (Fsp3) is 0. The zero-order chi connectivity index (χ0) is 17.1. The molecule has 0 aromatic heterocycles. The number of benzene rings is 3. The molecule has 1 amide bonds. The Hall–Kier alpha value is -2.18. The molecule has 0 heterocycles. The number of halogens is 2. The zero-order valence-electron chi connectivity index (χ0n) is 12.3. The van der Waals surface area contributed by atoms with Crippen molar-refractivity contribution in [1.29, 1.82) is 0 Å². The van der Waals surface area contributed by atoms with Crippen molar-refractivity contribution in [3.63, 3.8) is 0 Å². The van der Waals surface area contributed by atoms with Crippen molar-refractivity contribution in [3.8, 4) is 5.75 Å². The van der Waals surface area contributed by atoms with Crippen LogP contribution in [0.15, 0.2) is 68.6 Å². The number of fused-ring (bicyclic) bond motifs is 1. The third-order valence-corrected chi connectivity index (χ3v) is 4.64. The maximum Gasteiger partial charge on any atom is 0.271 e. The van der Waals surface area contributed by atoms with E-state index in [4.69, 9.17) is 0 Å². The lowest BCUT2D eigenvalue weighted by Crippen LogP contribution is -2.17. The van der Waals surface area contributed by atoms with Gasteiger partial charge in [0.25, 0.3) is 5.91 Å². The highest BCUT2D eigenvalue weighted by atomic mass is 79.9. The molecule has 0 aliphatic rings. The van der Waals surface area contributed by atoms with Crippen molar-refractivity contribution >= 4 is 54.8 Å². The van der Waals surface area contributed by atoms with Crippen molar-refractivity contribution in [3.05, 3.63) is 74.7 Å². The third kappa shape index (κ3) is 3.66. The van der Waals surface area contributed by atoms with Gasteiger partial charge in [-0.25, -0.2) is 5.43 Å². The number of rotatable bonds is 3. The van der Waals surface area contributed by atoms with Crippen LogP contribution >= 0.6 is 31.9 Å². The van der Waals surface area contributed by atoms with E-state index in [0.717, 1.165) is 16.3 Å². The number of carbonyl (C=O) groups excluding carboxylic acids is 1. The summed E-state index contributed by atoms with van der Waals surface area (Å²) in [6.45, 7) is 0. The Bertz CT molecular complexity index is 932. The Labute approximate surface area is 155 Å². The van der Waals surface area contributed by atoms with E-state index in [-0.39, 0.29) is 11.7 Å². The molecule has 4 nitrogen and oxygen atoms in total. The molecule has 3 aromatic carbocycles. The number of hydrazone groups is 1. The minimum Gasteiger partial charge on any atom is -0.506 e. The van der Waals surface area contributed by atoms with Gasteiger partial charge in [0.05, 0.1) is 15.2 Å². The maximum atomic E-state index is 12.2. The van der Waals surface area contributed by atoms with Gasteiger partial charge >= 0.3 is 0 Å². The fourth-order valence-corrected chi connectivity index (χ4v) is 3.44. The molecule has 0 radical (unpaired) electrons. The summed E-state index contributed by atoms with van der Waals surface area (Å²) in [4.78, 5) is 12.2. The van der Waals surface area contributed by atoms with E-state index in [1.807, 2.05) is 36.4 Å². The minimum absolute atomic E-state index is 0.118. The van der Waals surface area contributed by atoms with Crippen LogP contribution in [0.1, 0.15) is 15.9 Å². The van der Waals surface area contributed by atoms with Crippen LogP contribution < -0.4 is 5.43 Å². The largest absolute Gasteiger partial charge is 0.506 e. The van der Waals surface area contributed by atoms with Crippen LogP contribution in [0.5, 0.6) is 5.75 Å². The smallest absolute Gasteiger partial charge is 0.271 e. The molecular formula is C18H12Br2N2O2. The lowest BCUT2D eigenvalue weighted by Gasteiger charge is -2.03. The van der Waals surface area contributed by atoms with Crippen LogP contribution in [-0.2, 0) is 0 Å². The highest BCUT2D eigenvalue weighted by Gasteiger charge is 2.06. The number of hydrogen-bond donors (Lipinski definition) is 2. The number of phenols is 1. The van der Waals surface area contributed by atoms with E-state index in [1.165, 1.54) is 6.21 Å². The summed E-state index contributed by atoms with van der Waals surface area (Å²) in [5.74, 6) is -0.165. The van der Waals surface area contributed by atoms with Crippen molar-refractivity contribution < 1.29 is 9.90 Å². The summed E-state index contributed by atoms with van der Waals surface area (Å²) >= 11 is 6.50. The molecule has 0 saturated heterocycles. The van der Waals surface area contributed by atoms with Crippen molar-refractivity contribution in [1.82, 2.24) is 5.43 Å². The molecule has 24 heavy (non-hydrogen) atoms. The van der Waals surface area contributed by atoms with Crippen molar-refractivity contribution in [2.24, 2.45) is 5.10 Å². The molecule has 0 atom stereocenters. The van der Waals surface area contributed by atoms with E-state index >= 15 is 0 Å². The van der Waals surface area contributed by atoms with Crippen LogP contribution in [0.3, 0.4) is 0 Å². The van der Waals surface area contributed by atoms with Crippen LogP contribution in [0.2, 0.25) is 0 Å². The molecule has 0 saturated carbocycles. The first kappa shape index (κ1) is 16.7. The Kier molecular flexibility index (Phi) is 4.97. The molecule has 0 aliphatic heterocycles. The number of phenolic OH excluding ortho intramolecular Hbond substituents is 1. The van der Waals surface area contributed by atoms with Gasteiger partial charge in [-0.1, -0.05) is 30.3 Å². The Balaban J connectivity index is 1.74. The standard InChI is InChI=1S/C18H12Br2N2O2/c19-15-7-11(8-16(20)17(15)23)10-21-22-18(24)14-6-5-12-3-1-2-4-13(12)9-14/h1-10,23H,(H,22,24)/b21-10-. The quantitative estimate of drug-likeness (QED) is 0.446. The molecule has 0 fully saturated rings. The first-order valence-electron chi connectivity index (χ1n) is 7.05. The zero-order valence-corrected chi connectivity index (χ0v) is 15.5. The van der Waals surface area contributed by atoms with Gasteiger partial charge in [0.2, 0.25) is 0 Å². The Morgan fingerprint density at radius 1 is 1.00 bits per heavy atom. The van der Waals surface area contributed by atoms with Crippen LogP contribution in [-0.4, -0.2) is 17.2 Å². The molecule has 0 unspecified atom stereocenters. The highest BCUT2D eigenvalue weighted by molar-refractivity contribution is 9.11. The molecular weight excluding hydrogens is 436 g/mol. The maximum absolute atomic E-state index is 12.2. The van der Waals surface area contributed by atoms with Gasteiger partial charge in [0.1, 0.15) is 5.75 Å². The van der Waals surface area contributed by atoms with Gasteiger partial charge in [-0.3, -0.25) is 4.79 Å². The van der Waals surface area contributed by atoms with E-state index in [1.54, 1.807) is 18.2 Å². The van der Waals surface area contributed by atoms with Gasteiger partial charge in [-0.15, -0.1) is 0 Å². The number of nitrogens with one attached hydrogen (secondary N) is 1. The van der Waals surface area contributed by atoms with Crippen molar-refractivity contribution in [2.45, 2.75) is 0 Å². The molecule has 0 bridgehead atoms. The van der Waals surface area contributed by atoms with E-state index in [0.29, 0.717) is 14.5 Å². The van der Waals surface area contributed by atoms with Crippen LogP contribution in [0, 0.1) is 0 Å². The van der Waals surface area contributed by atoms with E-state index < -0.39 is 0 Å². The second kappa shape index (κ2) is 7.15. The van der Waals surface area contributed by atoms with Gasteiger partial charge < -0.3 is 5.11 Å². The summed E-state index contributed by atoms with van der Waals surface area (Å²) in [5.41, 5.74) is 3.77. The first-order chi connectivity index (χ1) is 11.5. The predicted molar refractivity (Wildman–Crippen MR) is 103 cm³/mol. The van der Waals surface area contributed by atoms with Crippen LogP contribution in [0.4, 0.5) is 0 Å². The molecule has 3 rings (SSSR count). The monoisotopic (exact) mass is 446 g/mol. The summed E-state index contributed by atoms with van der Waals surface area (Å²) in [6, 6.07) is 16.7. The minimum atomic E-state index is -0.283. The van der Waals surface area contributed by atoms with Gasteiger partial charge in [0, 0.05) is 5.56 Å². The summed E-state index contributed by atoms with van der Waals surface area (Å²) in [5, 5.41) is 15.7. The molecule has 3 aromatic rings. The molecule has 0 spiro atoms. The van der Waals surface area contributed by atoms with E-state index in [9.17, 15) is 9.90 Å². The molecule has 0 aliphatic carbocycles. The Morgan fingerprint density at radius 3 is 2.38 bits per heavy atom. The lowest BCUT2D eigenvalue weighted by molar-refractivity contribution is 0.0955. The van der Waals surface area contributed by atoms with Gasteiger partial charge in [0.15, 0.2) is 0 Å². The summed E-state index contributed by atoms with van der Waals surface area (Å²) in [7, 11) is 0. The number of nitrogens with zero attached hydrogens (tertiary/aromatic N) is 1. The fourth-order valence-electron chi connectivity index (χ4n) is 2.22. The lowest BCUT2D eigenvalue weighted by atomic mass is 10.1. The Morgan fingerprint density at radius 2 is 1.67 bits per heavy atom. The highest BCUT2D eigenvalue weighted by Crippen LogP contribution is 2.32. The normalized spacial score (nSPS) is 11.1. The van der Waals surface area contributed by atoms with E-state index in [2.05, 4.69) is 42.4 Å². The van der Waals surface area contributed by atoms with Gasteiger partial charge in [-0.05, 0) is 72.5 Å².